The molecule has 0 aromatic heterocycles. The lowest BCUT2D eigenvalue weighted by Crippen LogP contribution is -2.48. The molecule has 1 fully saturated rings. The molecule has 0 bridgehead atoms. The molecule has 0 saturated carbocycles. The van der Waals surface area contributed by atoms with Gasteiger partial charge in [0.2, 0.25) is 11.8 Å². The van der Waals surface area contributed by atoms with Crippen LogP contribution in [-0.2, 0) is 9.59 Å². The van der Waals surface area contributed by atoms with Crippen molar-refractivity contribution in [3.63, 3.8) is 0 Å². The fraction of sp³-hybridized carbons (Fsp3) is 0.467. The lowest BCUT2D eigenvalue weighted by atomic mass is 10.0. The molecule has 5 heteroatoms. The summed E-state index contributed by atoms with van der Waals surface area (Å²) in [5, 5.41) is 8.93. The van der Waals surface area contributed by atoms with Gasteiger partial charge in [0.1, 0.15) is 0 Å². The third kappa shape index (κ3) is 4.35. The molecule has 1 unspecified atom stereocenters. The molecule has 2 rings (SSSR count). The summed E-state index contributed by atoms with van der Waals surface area (Å²) < 4.78 is 0. The first kappa shape index (κ1) is 14.5. The second kappa shape index (κ2) is 7.05. The Morgan fingerprint density at radius 2 is 2.00 bits per heavy atom. The molecule has 108 valence electrons. The zero-order valence-corrected chi connectivity index (χ0v) is 11.7. The molecule has 1 aromatic carbocycles. The van der Waals surface area contributed by atoms with Crippen molar-refractivity contribution in [3.05, 3.63) is 35.9 Å². The number of hydrogen-bond donors (Lipinski definition) is 3. The van der Waals surface area contributed by atoms with Crippen molar-refractivity contribution in [2.24, 2.45) is 5.92 Å². The monoisotopic (exact) mass is 275 g/mol. The third-order valence-electron chi connectivity index (χ3n) is 3.42. The minimum atomic E-state index is -0.270. The second-order valence-corrected chi connectivity index (χ2v) is 5.20. The zero-order valence-electron chi connectivity index (χ0n) is 11.7. The van der Waals surface area contributed by atoms with Crippen LogP contribution in [0.4, 0.5) is 0 Å². The van der Waals surface area contributed by atoms with Crippen LogP contribution in [0.5, 0.6) is 0 Å². The van der Waals surface area contributed by atoms with Crippen LogP contribution >= 0.6 is 0 Å². The molecule has 20 heavy (non-hydrogen) atoms. The van der Waals surface area contributed by atoms with E-state index in [0.29, 0.717) is 12.5 Å². The Kier molecular flexibility index (Phi) is 5.12. The van der Waals surface area contributed by atoms with Crippen LogP contribution in [0.15, 0.2) is 30.3 Å². The van der Waals surface area contributed by atoms with Crippen LogP contribution in [-0.4, -0.2) is 31.4 Å². The summed E-state index contributed by atoms with van der Waals surface area (Å²) in [6.07, 6.45) is 0.268. The Labute approximate surface area is 119 Å². The Hall–Kier alpha value is -1.88. The molecule has 1 heterocycles. The van der Waals surface area contributed by atoms with Crippen molar-refractivity contribution in [1.29, 1.82) is 0 Å². The van der Waals surface area contributed by atoms with Gasteiger partial charge in [-0.1, -0.05) is 30.3 Å². The number of carbonyl (C=O) groups excluding carboxylic acids is 2. The first-order chi connectivity index (χ1) is 9.65. The normalized spacial score (nSPS) is 16.1. The lowest BCUT2D eigenvalue weighted by Gasteiger charge is -2.27. The Bertz CT molecular complexity index is 457. The first-order valence-electron chi connectivity index (χ1n) is 6.94. The molecule has 1 aromatic rings. The van der Waals surface area contributed by atoms with E-state index < -0.39 is 0 Å². The van der Waals surface area contributed by atoms with Gasteiger partial charge >= 0.3 is 0 Å². The van der Waals surface area contributed by atoms with Gasteiger partial charge in [0.05, 0.1) is 12.5 Å². The largest absolute Gasteiger partial charge is 0.356 e. The molecule has 0 radical (unpaired) electrons. The van der Waals surface area contributed by atoms with Crippen molar-refractivity contribution < 1.29 is 9.59 Å². The number of carbonyl (C=O) groups is 2. The van der Waals surface area contributed by atoms with Crippen LogP contribution in [0, 0.1) is 5.92 Å². The van der Waals surface area contributed by atoms with Gasteiger partial charge in [-0.2, -0.15) is 0 Å². The highest BCUT2D eigenvalue weighted by Crippen LogP contribution is 2.16. The van der Waals surface area contributed by atoms with E-state index in [1.165, 1.54) is 6.92 Å². The molecule has 2 amide bonds. The van der Waals surface area contributed by atoms with E-state index >= 15 is 0 Å². The molecule has 0 aliphatic carbocycles. The highest BCUT2D eigenvalue weighted by atomic mass is 16.2. The van der Waals surface area contributed by atoms with Crippen LogP contribution in [0.3, 0.4) is 0 Å². The zero-order chi connectivity index (χ0) is 14.4. The van der Waals surface area contributed by atoms with Crippen molar-refractivity contribution in [1.82, 2.24) is 16.0 Å². The topological polar surface area (TPSA) is 70.2 Å². The number of amides is 2. The molecule has 0 spiro atoms. The summed E-state index contributed by atoms with van der Waals surface area (Å²) in [7, 11) is 0. The van der Waals surface area contributed by atoms with Crippen molar-refractivity contribution in [2.45, 2.75) is 19.4 Å². The second-order valence-electron chi connectivity index (χ2n) is 5.20. The summed E-state index contributed by atoms with van der Waals surface area (Å²) in [6.45, 7) is 4.10. The van der Waals surface area contributed by atoms with E-state index in [1.54, 1.807) is 0 Å². The maximum absolute atomic E-state index is 12.0. The van der Waals surface area contributed by atoms with Gasteiger partial charge in [0, 0.05) is 32.5 Å². The van der Waals surface area contributed by atoms with E-state index in [9.17, 15) is 9.59 Å². The lowest BCUT2D eigenvalue weighted by molar-refractivity contribution is -0.123. The maximum Gasteiger partial charge on any atom is 0.222 e. The van der Waals surface area contributed by atoms with Crippen molar-refractivity contribution in [3.8, 4) is 0 Å². The predicted molar refractivity (Wildman–Crippen MR) is 77.0 cm³/mol. The molecule has 3 N–H and O–H groups in total. The highest BCUT2D eigenvalue weighted by Gasteiger charge is 2.20. The highest BCUT2D eigenvalue weighted by molar-refractivity contribution is 5.79. The van der Waals surface area contributed by atoms with Gasteiger partial charge in [0.25, 0.3) is 0 Å². The van der Waals surface area contributed by atoms with E-state index in [2.05, 4.69) is 16.0 Å². The van der Waals surface area contributed by atoms with Gasteiger partial charge in [-0.25, -0.2) is 0 Å². The van der Waals surface area contributed by atoms with Gasteiger partial charge < -0.3 is 16.0 Å². The molecule has 1 atom stereocenters. The fourth-order valence-corrected chi connectivity index (χ4v) is 2.19. The SMILES string of the molecule is CC(=O)NC(CC(=O)NCC1CNC1)c1ccccc1. The average molecular weight is 275 g/mol. The Balaban J connectivity index is 1.89. The summed E-state index contributed by atoms with van der Waals surface area (Å²) in [5.41, 5.74) is 0.947. The van der Waals surface area contributed by atoms with Crippen molar-refractivity contribution in [2.75, 3.05) is 19.6 Å². The number of nitrogens with one attached hydrogen (secondary N) is 3. The molecule has 1 saturated heterocycles. The molecule has 1 aliphatic rings. The predicted octanol–water partition coefficient (Wildman–Crippen LogP) is 0.590. The molecular formula is C15H21N3O2. The van der Waals surface area contributed by atoms with Crippen LogP contribution < -0.4 is 16.0 Å². The minimum Gasteiger partial charge on any atom is -0.356 e. The fourth-order valence-electron chi connectivity index (χ4n) is 2.19. The average Bonchev–Trinajstić information content (AvgIpc) is 2.36. The maximum atomic E-state index is 12.0. The van der Waals surface area contributed by atoms with Crippen LogP contribution in [0.2, 0.25) is 0 Å². The number of benzene rings is 1. The first-order valence-corrected chi connectivity index (χ1v) is 6.94. The summed E-state index contributed by atoms with van der Waals surface area (Å²) in [4.78, 5) is 23.2. The minimum absolute atomic E-state index is 0.0282. The summed E-state index contributed by atoms with van der Waals surface area (Å²) >= 11 is 0. The van der Waals surface area contributed by atoms with Gasteiger partial charge in [-0.3, -0.25) is 9.59 Å². The molecule has 1 aliphatic heterocycles. The summed E-state index contributed by atoms with van der Waals surface area (Å²) in [6, 6.07) is 9.29. The smallest absolute Gasteiger partial charge is 0.222 e. The van der Waals surface area contributed by atoms with Gasteiger partial charge in [0.15, 0.2) is 0 Å². The van der Waals surface area contributed by atoms with Crippen LogP contribution in [0.25, 0.3) is 0 Å². The summed E-state index contributed by atoms with van der Waals surface area (Å²) in [5.74, 6) is 0.379. The van der Waals surface area contributed by atoms with E-state index in [1.807, 2.05) is 30.3 Å². The third-order valence-corrected chi connectivity index (χ3v) is 3.42. The quantitative estimate of drug-likeness (QED) is 0.711. The van der Waals surface area contributed by atoms with Gasteiger partial charge in [-0.15, -0.1) is 0 Å². The Morgan fingerprint density at radius 1 is 1.30 bits per heavy atom. The number of rotatable bonds is 6. The van der Waals surface area contributed by atoms with E-state index in [4.69, 9.17) is 0 Å². The Morgan fingerprint density at radius 3 is 2.55 bits per heavy atom. The van der Waals surface area contributed by atoms with Crippen LogP contribution in [0.1, 0.15) is 24.9 Å². The van der Waals surface area contributed by atoms with Crippen molar-refractivity contribution >= 4 is 11.8 Å². The van der Waals surface area contributed by atoms with E-state index in [0.717, 1.165) is 18.7 Å². The van der Waals surface area contributed by atoms with Gasteiger partial charge in [-0.05, 0) is 5.56 Å². The standard InChI is InChI=1S/C15H21N3O2/c1-11(19)18-14(13-5-3-2-4-6-13)7-15(20)17-10-12-8-16-9-12/h2-6,12,14,16H,7-10H2,1H3,(H,17,20)(H,18,19). The number of hydrogen-bond acceptors (Lipinski definition) is 3. The molecular weight excluding hydrogens is 254 g/mol. The van der Waals surface area contributed by atoms with E-state index in [-0.39, 0.29) is 24.3 Å². The molecule has 5 nitrogen and oxygen atoms in total.